The number of anilines is 3. The molecule has 31 heavy (non-hydrogen) atoms. The van der Waals surface area contributed by atoms with Crippen LogP contribution >= 0.6 is 0 Å². The number of furan rings is 1. The van der Waals surface area contributed by atoms with E-state index in [0.29, 0.717) is 41.4 Å². The third kappa shape index (κ3) is 6.74. The van der Waals surface area contributed by atoms with Crippen molar-refractivity contribution in [3.63, 3.8) is 0 Å². The molecule has 3 amide bonds. The highest BCUT2D eigenvalue weighted by molar-refractivity contribution is 5.96. The maximum atomic E-state index is 12.3. The van der Waals surface area contributed by atoms with Crippen molar-refractivity contribution in [3.05, 3.63) is 78.3 Å². The van der Waals surface area contributed by atoms with Crippen molar-refractivity contribution in [3.8, 4) is 0 Å². The fraction of sp³-hybridized carbons (Fsp3) is 0.174. The standard InChI is InChI=1S/C23H24N4O4/c1-2-21(28)26-17-8-10-18(11-9-17)27-22(29)15-24-19-6-3-5-16(13-19)23(30)25-14-20-7-4-12-31-20/h3-13,24H,2,14-15H2,1H3,(H,25,30)(H,26,28)(H,27,29). The highest BCUT2D eigenvalue weighted by Crippen LogP contribution is 2.14. The van der Waals surface area contributed by atoms with Gasteiger partial charge in [0, 0.05) is 29.0 Å². The molecule has 0 atom stereocenters. The maximum Gasteiger partial charge on any atom is 0.251 e. The number of rotatable bonds is 9. The summed E-state index contributed by atoms with van der Waals surface area (Å²) in [6.07, 6.45) is 1.95. The van der Waals surface area contributed by atoms with Gasteiger partial charge in [-0.05, 0) is 54.6 Å². The van der Waals surface area contributed by atoms with Crippen LogP contribution < -0.4 is 21.3 Å². The van der Waals surface area contributed by atoms with Crippen LogP contribution in [-0.2, 0) is 16.1 Å². The van der Waals surface area contributed by atoms with Crippen molar-refractivity contribution in [2.24, 2.45) is 0 Å². The number of carbonyl (C=O) groups is 3. The number of benzene rings is 2. The highest BCUT2D eigenvalue weighted by atomic mass is 16.3. The normalized spacial score (nSPS) is 10.2. The van der Waals surface area contributed by atoms with Crippen LogP contribution in [0.3, 0.4) is 0 Å². The summed E-state index contributed by atoms with van der Waals surface area (Å²) in [4.78, 5) is 35.9. The second-order valence-corrected chi connectivity index (χ2v) is 6.72. The largest absolute Gasteiger partial charge is 0.467 e. The Hall–Kier alpha value is -4.07. The minimum absolute atomic E-state index is 0.0335. The third-order valence-corrected chi connectivity index (χ3v) is 4.35. The second-order valence-electron chi connectivity index (χ2n) is 6.72. The maximum absolute atomic E-state index is 12.3. The monoisotopic (exact) mass is 420 g/mol. The lowest BCUT2D eigenvalue weighted by Crippen LogP contribution is -2.23. The molecular weight excluding hydrogens is 396 g/mol. The van der Waals surface area contributed by atoms with Gasteiger partial charge in [0.2, 0.25) is 11.8 Å². The lowest BCUT2D eigenvalue weighted by atomic mass is 10.2. The first-order valence-corrected chi connectivity index (χ1v) is 9.88. The van der Waals surface area contributed by atoms with E-state index in [2.05, 4.69) is 21.3 Å². The summed E-state index contributed by atoms with van der Waals surface area (Å²) in [7, 11) is 0. The van der Waals surface area contributed by atoms with Crippen LogP contribution in [0.25, 0.3) is 0 Å². The Labute approximate surface area is 180 Å². The minimum Gasteiger partial charge on any atom is -0.467 e. The van der Waals surface area contributed by atoms with E-state index in [1.165, 1.54) is 0 Å². The average Bonchev–Trinajstić information content (AvgIpc) is 3.31. The van der Waals surface area contributed by atoms with Crippen molar-refractivity contribution < 1.29 is 18.8 Å². The molecule has 0 bridgehead atoms. The molecule has 8 nitrogen and oxygen atoms in total. The van der Waals surface area contributed by atoms with E-state index in [1.807, 2.05) is 0 Å². The number of hydrogen-bond donors (Lipinski definition) is 4. The number of amides is 3. The van der Waals surface area contributed by atoms with Gasteiger partial charge in [-0.2, -0.15) is 0 Å². The van der Waals surface area contributed by atoms with Crippen molar-refractivity contribution in [2.75, 3.05) is 22.5 Å². The molecule has 0 spiro atoms. The molecular formula is C23H24N4O4. The van der Waals surface area contributed by atoms with E-state index in [9.17, 15) is 14.4 Å². The van der Waals surface area contributed by atoms with Gasteiger partial charge in [0.1, 0.15) is 5.76 Å². The molecule has 2 aromatic carbocycles. The van der Waals surface area contributed by atoms with Crippen LogP contribution in [0, 0.1) is 0 Å². The van der Waals surface area contributed by atoms with Gasteiger partial charge in [-0.15, -0.1) is 0 Å². The summed E-state index contributed by atoms with van der Waals surface area (Å²) in [6.45, 7) is 2.11. The lowest BCUT2D eigenvalue weighted by Gasteiger charge is -2.10. The summed E-state index contributed by atoms with van der Waals surface area (Å²) in [5.41, 5.74) is 2.41. The van der Waals surface area contributed by atoms with Gasteiger partial charge in [-0.1, -0.05) is 13.0 Å². The van der Waals surface area contributed by atoms with Gasteiger partial charge in [0.25, 0.3) is 5.91 Å². The Morgan fingerprint density at radius 2 is 1.55 bits per heavy atom. The van der Waals surface area contributed by atoms with E-state index in [0.717, 1.165) is 0 Å². The first kappa shape index (κ1) is 21.6. The third-order valence-electron chi connectivity index (χ3n) is 4.35. The van der Waals surface area contributed by atoms with E-state index >= 15 is 0 Å². The second kappa shape index (κ2) is 10.6. The zero-order chi connectivity index (χ0) is 22.1. The molecule has 0 fully saturated rings. The minimum atomic E-state index is -0.238. The fourth-order valence-corrected chi connectivity index (χ4v) is 2.73. The van der Waals surface area contributed by atoms with E-state index in [1.54, 1.807) is 73.9 Å². The predicted octanol–water partition coefficient (Wildman–Crippen LogP) is 3.61. The molecule has 0 unspecified atom stereocenters. The molecule has 1 heterocycles. The molecule has 0 aliphatic rings. The zero-order valence-electron chi connectivity index (χ0n) is 17.1. The molecule has 0 aliphatic heterocycles. The molecule has 0 saturated carbocycles. The summed E-state index contributed by atoms with van der Waals surface area (Å²) in [5.74, 6) is 0.121. The Balaban J connectivity index is 1.48. The molecule has 8 heteroatoms. The summed E-state index contributed by atoms with van der Waals surface area (Å²) < 4.78 is 5.20. The lowest BCUT2D eigenvalue weighted by molar-refractivity contribution is -0.116. The van der Waals surface area contributed by atoms with Crippen molar-refractivity contribution in [1.82, 2.24) is 5.32 Å². The SMILES string of the molecule is CCC(=O)Nc1ccc(NC(=O)CNc2cccc(C(=O)NCc3ccco3)c2)cc1. The molecule has 4 N–H and O–H groups in total. The average molecular weight is 420 g/mol. The van der Waals surface area contributed by atoms with Gasteiger partial charge in [0.15, 0.2) is 0 Å². The first-order chi connectivity index (χ1) is 15.0. The van der Waals surface area contributed by atoms with Crippen LogP contribution in [0.2, 0.25) is 0 Å². The Morgan fingerprint density at radius 1 is 0.839 bits per heavy atom. The summed E-state index contributed by atoms with van der Waals surface area (Å²) >= 11 is 0. The molecule has 1 aromatic heterocycles. The van der Waals surface area contributed by atoms with Crippen LogP contribution in [-0.4, -0.2) is 24.3 Å². The van der Waals surface area contributed by atoms with Crippen molar-refractivity contribution >= 4 is 34.8 Å². The van der Waals surface area contributed by atoms with E-state index < -0.39 is 0 Å². The highest BCUT2D eigenvalue weighted by Gasteiger charge is 2.08. The molecule has 160 valence electrons. The Morgan fingerprint density at radius 3 is 2.19 bits per heavy atom. The van der Waals surface area contributed by atoms with Gasteiger partial charge >= 0.3 is 0 Å². The van der Waals surface area contributed by atoms with Crippen molar-refractivity contribution in [1.29, 1.82) is 0 Å². The predicted molar refractivity (Wildman–Crippen MR) is 119 cm³/mol. The van der Waals surface area contributed by atoms with Gasteiger partial charge in [-0.25, -0.2) is 0 Å². The van der Waals surface area contributed by atoms with Crippen molar-refractivity contribution in [2.45, 2.75) is 19.9 Å². The van der Waals surface area contributed by atoms with Gasteiger partial charge < -0.3 is 25.7 Å². The Bertz CT molecular complexity index is 1030. The molecule has 0 aliphatic carbocycles. The Kier molecular flexibility index (Phi) is 7.42. The summed E-state index contributed by atoms with van der Waals surface area (Å²) in [5, 5.41) is 11.3. The number of nitrogens with one attached hydrogen (secondary N) is 4. The number of carbonyl (C=O) groups excluding carboxylic acids is 3. The molecule has 0 saturated heterocycles. The van der Waals surface area contributed by atoms with Gasteiger partial charge in [-0.3, -0.25) is 14.4 Å². The van der Waals surface area contributed by atoms with Crippen LogP contribution in [0.5, 0.6) is 0 Å². The fourth-order valence-electron chi connectivity index (χ4n) is 2.73. The smallest absolute Gasteiger partial charge is 0.251 e. The van der Waals surface area contributed by atoms with Crippen LogP contribution in [0.4, 0.5) is 17.1 Å². The van der Waals surface area contributed by atoms with E-state index in [-0.39, 0.29) is 24.3 Å². The van der Waals surface area contributed by atoms with E-state index in [4.69, 9.17) is 4.42 Å². The summed E-state index contributed by atoms with van der Waals surface area (Å²) in [6, 6.07) is 17.3. The van der Waals surface area contributed by atoms with Gasteiger partial charge in [0.05, 0.1) is 19.4 Å². The topological polar surface area (TPSA) is 112 Å². The first-order valence-electron chi connectivity index (χ1n) is 9.88. The van der Waals surface area contributed by atoms with Crippen LogP contribution in [0.1, 0.15) is 29.5 Å². The number of hydrogen-bond acceptors (Lipinski definition) is 5. The molecule has 3 rings (SSSR count). The molecule has 0 radical (unpaired) electrons. The zero-order valence-corrected chi connectivity index (χ0v) is 17.1. The van der Waals surface area contributed by atoms with Crippen LogP contribution in [0.15, 0.2) is 71.3 Å². The molecule has 3 aromatic rings. The quantitative estimate of drug-likeness (QED) is 0.422.